The quantitative estimate of drug-likeness (QED) is 0.871. The summed E-state index contributed by atoms with van der Waals surface area (Å²) in [5, 5.41) is 13.2. The second kappa shape index (κ2) is 5.94. The van der Waals surface area contributed by atoms with Crippen LogP contribution in [0, 0.1) is 5.41 Å². The van der Waals surface area contributed by atoms with Crippen LogP contribution in [0.4, 0.5) is 0 Å². The fourth-order valence-corrected chi connectivity index (χ4v) is 2.75. The van der Waals surface area contributed by atoms with Crippen LogP contribution in [0.25, 0.3) is 10.8 Å². The molecular formula is C18H25NO. The fourth-order valence-electron chi connectivity index (χ4n) is 2.75. The summed E-state index contributed by atoms with van der Waals surface area (Å²) in [5.74, 6) is -0.0314. The van der Waals surface area contributed by atoms with E-state index in [0.29, 0.717) is 6.54 Å². The number of fused-ring (bicyclic) bond motifs is 1. The second-order valence-electron chi connectivity index (χ2n) is 6.20. The van der Waals surface area contributed by atoms with Crippen LogP contribution in [0.2, 0.25) is 0 Å². The minimum atomic E-state index is -0.441. The van der Waals surface area contributed by atoms with Crippen LogP contribution in [-0.4, -0.2) is 17.8 Å². The lowest BCUT2D eigenvalue weighted by molar-refractivity contribution is 0.0268. The third-order valence-corrected chi connectivity index (χ3v) is 4.57. The van der Waals surface area contributed by atoms with Crippen molar-refractivity contribution in [2.75, 3.05) is 6.54 Å². The minimum absolute atomic E-state index is 0.0314. The molecule has 0 fully saturated rings. The number of aliphatic hydroxyl groups excluding tert-OH is 1. The molecular weight excluding hydrogens is 246 g/mol. The van der Waals surface area contributed by atoms with E-state index in [2.05, 4.69) is 45.0 Å². The average molecular weight is 271 g/mol. The molecule has 2 aromatic rings. The van der Waals surface area contributed by atoms with Crippen molar-refractivity contribution in [1.82, 2.24) is 0 Å². The molecule has 0 saturated carbocycles. The fraction of sp³-hybridized carbons (Fsp3) is 0.444. The van der Waals surface area contributed by atoms with Crippen molar-refractivity contribution in [3.05, 3.63) is 48.0 Å². The summed E-state index contributed by atoms with van der Waals surface area (Å²) >= 11 is 0. The zero-order valence-electron chi connectivity index (χ0n) is 12.6. The molecule has 0 aliphatic heterocycles. The Morgan fingerprint density at radius 3 is 2.40 bits per heavy atom. The molecule has 2 aromatic carbocycles. The molecule has 0 aliphatic rings. The van der Waals surface area contributed by atoms with Gasteiger partial charge in [-0.15, -0.1) is 0 Å². The van der Waals surface area contributed by atoms with Crippen LogP contribution in [0.15, 0.2) is 42.5 Å². The molecule has 108 valence electrons. The van der Waals surface area contributed by atoms with E-state index in [1.807, 2.05) is 18.2 Å². The monoisotopic (exact) mass is 271 g/mol. The van der Waals surface area contributed by atoms with E-state index in [9.17, 15) is 5.11 Å². The van der Waals surface area contributed by atoms with E-state index < -0.39 is 6.10 Å². The molecule has 2 atom stereocenters. The molecule has 2 rings (SSSR count). The summed E-state index contributed by atoms with van der Waals surface area (Å²) < 4.78 is 0. The largest absolute Gasteiger partial charge is 0.392 e. The first-order chi connectivity index (χ1) is 9.51. The van der Waals surface area contributed by atoms with Crippen LogP contribution < -0.4 is 5.73 Å². The van der Waals surface area contributed by atoms with Gasteiger partial charge in [0.05, 0.1) is 6.10 Å². The minimum Gasteiger partial charge on any atom is -0.392 e. The number of aliphatic hydroxyl groups is 1. The summed E-state index contributed by atoms with van der Waals surface area (Å²) in [6.45, 7) is 6.77. The Hall–Kier alpha value is -1.38. The van der Waals surface area contributed by atoms with Crippen molar-refractivity contribution in [2.24, 2.45) is 11.1 Å². The lowest BCUT2D eigenvalue weighted by Gasteiger charge is -2.35. The van der Waals surface area contributed by atoms with Crippen molar-refractivity contribution < 1.29 is 5.11 Å². The van der Waals surface area contributed by atoms with Crippen LogP contribution in [0.5, 0.6) is 0 Å². The number of nitrogens with two attached hydrogens (primary N) is 1. The van der Waals surface area contributed by atoms with Crippen molar-refractivity contribution in [3.8, 4) is 0 Å². The zero-order chi connectivity index (χ0) is 14.8. The number of rotatable bonds is 5. The van der Waals surface area contributed by atoms with Gasteiger partial charge in [-0.25, -0.2) is 0 Å². The molecule has 3 N–H and O–H groups in total. The van der Waals surface area contributed by atoms with E-state index in [1.54, 1.807) is 0 Å². The van der Waals surface area contributed by atoms with Gasteiger partial charge in [0.2, 0.25) is 0 Å². The van der Waals surface area contributed by atoms with Gasteiger partial charge >= 0.3 is 0 Å². The Bertz CT molecular complexity index is 571. The maximum atomic E-state index is 10.8. The molecule has 0 bridgehead atoms. The molecule has 2 nitrogen and oxygen atoms in total. The maximum Gasteiger partial charge on any atom is 0.0671 e. The Labute approximate surface area is 121 Å². The number of hydrogen-bond acceptors (Lipinski definition) is 2. The molecule has 2 unspecified atom stereocenters. The van der Waals surface area contributed by atoms with Gasteiger partial charge in [-0.3, -0.25) is 0 Å². The van der Waals surface area contributed by atoms with E-state index >= 15 is 0 Å². The van der Waals surface area contributed by atoms with Crippen LogP contribution in [0.3, 0.4) is 0 Å². The molecule has 2 heteroatoms. The lowest BCUT2D eigenvalue weighted by atomic mass is 9.74. The van der Waals surface area contributed by atoms with Gasteiger partial charge in [0.25, 0.3) is 0 Å². The molecule has 0 amide bonds. The van der Waals surface area contributed by atoms with Crippen molar-refractivity contribution >= 4 is 10.8 Å². The molecule has 0 aliphatic carbocycles. The molecule has 0 spiro atoms. The summed E-state index contributed by atoms with van der Waals surface area (Å²) in [7, 11) is 0. The van der Waals surface area contributed by atoms with Gasteiger partial charge in [0.1, 0.15) is 0 Å². The Morgan fingerprint density at radius 2 is 1.75 bits per heavy atom. The third kappa shape index (κ3) is 2.72. The Balaban J connectivity index is 2.50. The Morgan fingerprint density at radius 1 is 1.10 bits per heavy atom. The number of hydrogen-bond donors (Lipinski definition) is 2. The van der Waals surface area contributed by atoms with Crippen molar-refractivity contribution in [3.63, 3.8) is 0 Å². The summed E-state index contributed by atoms with van der Waals surface area (Å²) in [6, 6.07) is 14.5. The Kier molecular flexibility index (Phi) is 4.46. The van der Waals surface area contributed by atoms with Crippen LogP contribution >= 0.6 is 0 Å². The van der Waals surface area contributed by atoms with E-state index in [0.717, 1.165) is 12.0 Å². The highest BCUT2D eigenvalue weighted by molar-refractivity contribution is 5.86. The lowest BCUT2D eigenvalue weighted by Crippen LogP contribution is -2.37. The highest BCUT2D eigenvalue weighted by Gasteiger charge is 2.33. The maximum absolute atomic E-state index is 10.8. The first kappa shape index (κ1) is 15.0. The third-order valence-electron chi connectivity index (χ3n) is 4.57. The van der Waals surface area contributed by atoms with Gasteiger partial charge in [0, 0.05) is 12.5 Å². The molecule has 20 heavy (non-hydrogen) atoms. The second-order valence-corrected chi connectivity index (χ2v) is 6.20. The normalized spacial score (nSPS) is 15.2. The molecule has 0 heterocycles. The standard InChI is InChI=1S/C18H25NO/c1-4-18(2,3)17(20)16(12-19)15-11-7-9-13-8-5-6-10-14(13)15/h5-11,16-17,20H,4,12,19H2,1-3H3. The van der Waals surface area contributed by atoms with E-state index in [-0.39, 0.29) is 11.3 Å². The van der Waals surface area contributed by atoms with E-state index in [4.69, 9.17) is 5.73 Å². The first-order valence-corrected chi connectivity index (χ1v) is 7.37. The molecule has 0 saturated heterocycles. The smallest absolute Gasteiger partial charge is 0.0671 e. The summed E-state index contributed by atoms with van der Waals surface area (Å²) in [6.07, 6.45) is 0.485. The van der Waals surface area contributed by atoms with Gasteiger partial charge in [-0.2, -0.15) is 0 Å². The van der Waals surface area contributed by atoms with Crippen LogP contribution in [0.1, 0.15) is 38.7 Å². The van der Waals surface area contributed by atoms with Crippen LogP contribution in [-0.2, 0) is 0 Å². The van der Waals surface area contributed by atoms with Gasteiger partial charge in [-0.1, -0.05) is 63.2 Å². The van der Waals surface area contributed by atoms with Crippen molar-refractivity contribution in [1.29, 1.82) is 0 Å². The molecule has 0 aromatic heterocycles. The van der Waals surface area contributed by atoms with Gasteiger partial charge < -0.3 is 10.8 Å². The average Bonchev–Trinajstić information content (AvgIpc) is 2.48. The SMILES string of the molecule is CCC(C)(C)C(O)C(CN)c1cccc2ccccc12. The summed E-state index contributed by atoms with van der Waals surface area (Å²) in [5.41, 5.74) is 7.00. The first-order valence-electron chi connectivity index (χ1n) is 7.37. The summed E-state index contributed by atoms with van der Waals surface area (Å²) in [4.78, 5) is 0. The predicted molar refractivity (Wildman–Crippen MR) is 85.8 cm³/mol. The number of benzene rings is 2. The highest BCUT2D eigenvalue weighted by atomic mass is 16.3. The predicted octanol–water partition coefficient (Wildman–Crippen LogP) is 3.68. The highest BCUT2D eigenvalue weighted by Crippen LogP contribution is 2.36. The van der Waals surface area contributed by atoms with Crippen molar-refractivity contribution in [2.45, 2.75) is 39.2 Å². The van der Waals surface area contributed by atoms with E-state index in [1.165, 1.54) is 10.8 Å². The topological polar surface area (TPSA) is 46.2 Å². The van der Waals surface area contributed by atoms with Gasteiger partial charge in [0.15, 0.2) is 0 Å². The zero-order valence-corrected chi connectivity index (χ0v) is 12.6. The molecule has 0 radical (unpaired) electrons. The van der Waals surface area contributed by atoms with Gasteiger partial charge in [-0.05, 0) is 28.2 Å².